The Kier molecular flexibility index (Phi) is 5.81. The molecule has 12 heteroatoms. The van der Waals surface area contributed by atoms with Gasteiger partial charge in [0, 0.05) is 49.8 Å². The number of amides is 1. The van der Waals surface area contributed by atoms with Crippen LogP contribution in [0.5, 0.6) is 11.5 Å². The molecule has 5 N–H and O–H groups in total. The van der Waals surface area contributed by atoms with E-state index in [-0.39, 0.29) is 34.7 Å². The Morgan fingerprint density at radius 1 is 1.22 bits per heavy atom. The summed E-state index contributed by atoms with van der Waals surface area (Å²) in [7, 11) is 0. The molecule has 1 spiro atoms. The number of anilines is 3. The summed E-state index contributed by atoms with van der Waals surface area (Å²) in [6.45, 7) is 3.17. The average molecular weight is 505 g/mol. The van der Waals surface area contributed by atoms with E-state index in [1.165, 1.54) is 18.2 Å². The lowest BCUT2D eigenvalue weighted by Crippen LogP contribution is -2.51. The number of aromatic amines is 1. The average Bonchev–Trinajstić information content (AvgIpc) is 3.53. The van der Waals surface area contributed by atoms with Crippen molar-refractivity contribution in [1.29, 1.82) is 0 Å². The molecule has 6 rings (SSSR count). The summed E-state index contributed by atoms with van der Waals surface area (Å²) in [5.74, 6) is -0.0859. The van der Waals surface area contributed by atoms with Crippen LogP contribution in [0.3, 0.4) is 0 Å². The van der Waals surface area contributed by atoms with Crippen molar-refractivity contribution in [2.45, 2.75) is 12.0 Å². The summed E-state index contributed by atoms with van der Waals surface area (Å²) in [5.41, 5.74) is 6.74. The molecule has 2 fully saturated rings. The SMILES string of the molecule is Nc1nc(Nc2ccc(Oc3ccnc4[nH]ccc34)c(F)c2)cc(C(=O)N2CCC3(CNCCO3)C2)n1. The highest BCUT2D eigenvalue weighted by atomic mass is 19.1. The number of morpholine rings is 1. The highest BCUT2D eigenvalue weighted by Gasteiger charge is 2.42. The van der Waals surface area contributed by atoms with E-state index in [0.717, 1.165) is 18.4 Å². The number of pyridine rings is 1. The van der Waals surface area contributed by atoms with Gasteiger partial charge >= 0.3 is 0 Å². The first-order valence-electron chi connectivity index (χ1n) is 11.9. The number of likely N-dealkylation sites (tertiary alicyclic amines) is 1. The lowest BCUT2D eigenvalue weighted by atomic mass is 10.0. The second-order valence-corrected chi connectivity index (χ2v) is 9.10. The number of nitrogen functional groups attached to an aromatic ring is 1. The van der Waals surface area contributed by atoms with Crippen LogP contribution in [0.15, 0.2) is 48.8 Å². The van der Waals surface area contributed by atoms with E-state index in [1.807, 2.05) is 6.07 Å². The van der Waals surface area contributed by atoms with Crippen molar-refractivity contribution in [3.05, 3.63) is 60.3 Å². The number of carbonyl (C=O) groups excluding carboxylic acids is 1. The fraction of sp³-hybridized carbons (Fsp3) is 0.280. The molecule has 1 atom stereocenters. The molecule has 1 aromatic carbocycles. The molecule has 0 aliphatic carbocycles. The summed E-state index contributed by atoms with van der Waals surface area (Å²) in [4.78, 5) is 30.4. The molecule has 2 saturated heterocycles. The van der Waals surface area contributed by atoms with Gasteiger partial charge in [0.15, 0.2) is 11.6 Å². The van der Waals surface area contributed by atoms with Crippen molar-refractivity contribution in [1.82, 2.24) is 30.2 Å². The van der Waals surface area contributed by atoms with Crippen LogP contribution >= 0.6 is 0 Å². The molecule has 1 amide bonds. The second-order valence-electron chi connectivity index (χ2n) is 9.10. The standard InChI is InChI=1S/C25H25FN8O3/c26-17-11-15(1-2-20(17)37-19-4-7-30-22-16(19)3-6-29-22)31-21-12-18(32-24(27)33-21)23(35)34-9-5-25(14-34)13-28-8-10-36-25/h1-4,6-7,11-12,28H,5,8-10,13-14H2,(H,29,30)(H3,27,31,32,33). The third-order valence-electron chi connectivity index (χ3n) is 6.54. The van der Waals surface area contributed by atoms with Crippen molar-refractivity contribution in [3.8, 4) is 11.5 Å². The molecule has 2 aliphatic rings. The predicted octanol–water partition coefficient (Wildman–Crippen LogP) is 2.81. The van der Waals surface area contributed by atoms with Crippen LogP contribution in [0, 0.1) is 5.82 Å². The number of carbonyl (C=O) groups is 1. The quantitative estimate of drug-likeness (QED) is 0.323. The highest BCUT2D eigenvalue weighted by molar-refractivity contribution is 5.93. The zero-order valence-electron chi connectivity index (χ0n) is 19.8. The zero-order chi connectivity index (χ0) is 25.4. The van der Waals surface area contributed by atoms with Gasteiger partial charge < -0.3 is 35.7 Å². The monoisotopic (exact) mass is 504 g/mol. The minimum absolute atomic E-state index is 0.0553. The summed E-state index contributed by atoms with van der Waals surface area (Å²) in [6, 6.07) is 9.42. The Balaban J connectivity index is 1.17. The van der Waals surface area contributed by atoms with Gasteiger partial charge in [0.05, 0.1) is 24.1 Å². The largest absolute Gasteiger partial charge is 0.453 e. The predicted molar refractivity (Wildman–Crippen MR) is 134 cm³/mol. The Bertz CT molecular complexity index is 1470. The number of hydrogen-bond acceptors (Lipinski definition) is 9. The normalized spacial score (nSPS) is 19.4. The van der Waals surface area contributed by atoms with Crippen LogP contribution in [0.2, 0.25) is 0 Å². The maximum absolute atomic E-state index is 14.9. The summed E-state index contributed by atoms with van der Waals surface area (Å²) >= 11 is 0. The number of fused-ring (bicyclic) bond motifs is 1. The van der Waals surface area contributed by atoms with E-state index in [0.29, 0.717) is 43.3 Å². The fourth-order valence-corrected chi connectivity index (χ4v) is 4.74. The number of rotatable bonds is 5. The Morgan fingerprint density at radius 3 is 2.97 bits per heavy atom. The van der Waals surface area contributed by atoms with Crippen LogP contribution in [0.4, 0.5) is 21.8 Å². The van der Waals surface area contributed by atoms with Gasteiger partial charge in [-0.05, 0) is 30.7 Å². The van der Waals surface area contributed by atoms with Gasteiger partial charge in [-0.25, -0.2) is 14.4 Å². The minimum atomic E-state index is -0.577. The number of H-pyrrole nitrogens is 1. The number of nitrogens with zero attached hydrogens (tertiary/aromatic N) is 4. The third kappa shape index (κ3) is 4.63. The Hall–Kier alpha value is -4.29. The van der Waals surface area contributed by atoms with E-state index >= 15 is 0 Å². The number of nitrogens with two attached hydrogens (primary N) is 1. The fourth-order valence-electron chi connectivity index (χ4n) is 4.74. The molecule has 0 bridgehead atoms. The van der Waals surface area contributed by atoms with E-state index in [9.17, 15) is 9.18 Å². The first kappa shape index (κ1) is 23.1. The molecule has 37 heavy (non-hydrogen) atoms. The molecule has 0 radical (unpaired) electrons. The van der Waals surface area contributed by atoms with E-state index < -0.39 is 5.82 Å². The summed E-state index contributed by atoms with van der Waals surface area (Å²) < 4.78 is 26.7. The number of nitrogens with one attached hydrogen (secondary N) is 3. The van der Waals surface area contributed by atoms with Crippen LogP contribution < -0.4 is 21.1 Å². The smallest absolute Gasteiger partial charge is 0.272 e. The van der Waals surface area contributed by atoms with Gasteiger partial charge in [-0.2, -0.15) is 4.98 Å². The van der Waals surface area contributed by atoms with Crippen LogP contribution in [0.1, 0.15) is 16.9 Å². The summed E-state index contributed by atoms with van der Waals surface area (Å²) in [5, 5.41) is 7.07. The van der Waals surface area contributed by atoms with Crippen molar-refractivity contribution in [2.75, 3.05) is 43.8 Å². The maximum atomic E-state index is 14.9. The van der Waals surface area contributed by atoms with E-state index in [4.69, 9.17) is 15.2 Å². The van der Waals surface area contributed by atoms with Gasteiger partial charge in [0.25, 0.3) is 5.91 Å². The minimum Gasteiger partial charge on any atom is -0.453 e. The molecular weight excluding hydrogens is 479 g/mol. The van der Waals surface area contributed by atoms with Crippen molar-refractivity contribution in [2.24, 2.45) is 0 Å². The van der Waals surface area contributed by atoms with Crippen LogP contribution in [0.25, 0.3) is 11.0 Å². The van der Waals surface area contributed by atoms with Crippen LogP contribution in [-0.4, -0.2) is 69.1 Å². The van der Waals surface area contributed by atoms with Crippen LogP contribution in [-0.2, 0) is 4.74 Å². The topological polar surface area (TPSA) is 143 Å². The van der Waals surface area contributed by atoms with E-state index in [2.05, 4.69) is 30.6 Å². The molecule has 4 aromatic rings. The molecule has 190 valence electrons. The molecule has 3 aromatic heterocycles. The Labute approximate surface area is 211 Å². The second kappa shape index (κ2) is 9.30. The maximum Gasteiger partial charge on any atom is 0.272 e. The Morgan fingerprint density at radius 2 is 2.14 bits per heavy atom. The van der Waals surface area contributed by atoms with Gasteiger partial charge in [0.2, 0.25) is 5.95 Å². The number of aromatic nitrogens is 4. The third-order valence-corrected chi connectivity index (χ3v) is 6.54. The number of ether oxygens (including phenoxy) is 2. The molecular formula is C25H25FN8O3. The van der Waals surface area contributed by atoms with Crippen molar-refractivity contribution < 1.29 is 18.7 Å². The zero-order valence-corrected chi connectivity index (χ0v) is 19.8. The van der Waals surface area contributed by atoms with Gasteiger partial charge in [-0.15, -0.1) is 0 Å². The molecule has 2 aliphatic heterocycles. The first-order chi connectivity index (χ1) is 18.0. The molecule has 1 unspecified atom stereocenters. The lowest BCUT2D eigenvalue weighted by Gasteiger charge is -2.34. The number of hydrogen-bond donors (Lipinski definition) is 4. The molecule has 11 nitrogen and oxygen atoms in total. The van der Waals surface area contributed by atoms with Gasteiger partial charge in [0.1, 0.15) is 22.9 Å². The molecule has 0 saturated carbocycles. The highest BCUT2D eigenvalue weighted by Crippen LogP contribution is 2.32. The lowest BCUT2D eigenvalue weighted by molar-refractivity contribution is -0.0559. The number of halogens is 1. The molecule has 5 heterocycles. The number of benzene rings is 1. The summed E-state index contributed by atoms with van der Waals surface area (Å²) in [6.07, 6.45) is 4.07. The van der Waals surface area contributed by atoms with Gasteiger partial charge in [-0.1, -0.05) is 0 Å². The first-order valence-corrected chi connectivity index (χ1v) is 11.9. The van der Waals surface area contributed by atoms with Gasteiger partial charge in [-0.3, -0.25) is 4.79 Å². The van der Waals surface area contributed by atoms with Crippen molar-refractivity contribution >= 4 is 34.4 Å². The van der Waals surface area contributed by atoms with E-state index in [1.54, 1.807) is 29.4 Å². The van der Waals surface area contributed by atoms with Crippen molar-refractivity contribution in [3.63, 3.8) is 0 Å².